The van der Waals surface area contributed by atoms with Crippen LogP contribution in [-0.2, 0) is 9.84 Å². The number of sulfone groups is 1. The molecule has 0 aliphatic heterocycles. The zero-order chi connectivity index (χ0) is 12.7. The fourth-order valence-electron chi connectivity index (χ4n) is 1.71. The molecule has 1 rings (SSSR count). The predicted molar refractivity (Wildman–Crippen MR) is 75.9 cm³/mol. The van der Waals surface area contributed by atoms with Crippen LogP contribution in [0, 0.1) is 0 Å². The summed E-state index contributed by atoms with van der Waals surface area (Å²) in [7, 11) is -0.689. The van der Waals surface area contributed by atoms with Crippen LogP contribution in [0.2, 0.25) is 0 Å². The van der Waals surface area contributed by atoms with Gasteiger partial charge in [-0.05, 0) is 18.6 Å². The minimum Gasteiger partial charge on any atom is -0.223 e. The van der Waals surface area contributed by atoms with E-state index in [9.17, 15) is 8.42 Å². The van der Waals surface area contributed by atoms with Gasteiger partial charge in [-0.1, -0.05) is 50.8 Å². The van der Waals surface area contributed by atoms with E-state index in [0.29, 0.717) is 4.90 Å². The summed E-state index contributed by atoms with van der Waals surface area (Å²) in [5.41, 5.74) is 0. The van der Waals surface area contributed by atoms with Crippen LogP contribution in [-0.4, -0.2) is 13.4 Å². The van der Waals surface area contributed by atoms with Crippen molar-refractivity contribution in [2.75, 3.05) is 0 Å². The lowest BCUT2D eigenvalue weighted by atomic mass is 10.2. The first kappa shape index (κ1) is 14.7. The molecule has 1 aromatic rings. The molecule has 0 amide bonds. The topological polar surface area (TPSA) is 34.1 Å². The molecule has 0 heterocycles. The molecule has 0 saturated carbocycles. The SMILES string of the molecule is CCCCCCC(P)S(=O)(=O)c1ccccc1. The number of benzene rings is 1. The van der Waals surface area contributed by atoms with E-state index in [1.165, 1.54) is 12.8 Å². The van der Waals surface area contributed by atoms with E-state index < -0.39 is 9.84 Å². The molecular formula is C13H21O2PS. The van der Waals surface area contributed by atoms with Crippen molar-refractivity contribution in [1.29, 1.82) is 0 Å². The van der Waals surface area contributed by atoms with Gasteiger partial charge in [0.1, 0.15) is 0 Å². The summed E-state index contributed by atoms with van der Waals surface area (Å²) in [4.78, 5) is 0.0669. The highest BCUT2D eigenvalue weighted by Gasteiger charge is 2.22. The lowest BCUT2D eigenvalue weighted by Crippen LogP contribution is -2.14. The Hall–Kier alpha value is -0.400. The van der Waals surface area contributed by atoms with E-state index in [1.54, 1.807) is 24.3 Å². The fraction of sp³-hybridized carbons (Fsp3) is 0.538. The van der Waals surface area contributed by atoms with Crippen molar-refractivity contribution in [2.24, 2.45) is 0 Å². The zero-order valence-electron chi connectivity index (χ0n) is 10.3. The minimum atomic E-state index is -3.16. The summed E-state index contributed by atoms with van der Waals surface area (Å²) in [5.74, 6) is 0. The zero-order valence-corrected chi connectivity index (χ0v) is 12.3. The molecule has 0 aliphatic carbocycles. The van der Waals surface area contributed by atoms with Gasteiger partial charge in [-0.3, -0.25) is 0 Å². The Kier molecular flexibility index (Phi) is 6.15. The highest BCUT2D eigenvalue weighted by atomic mass is 32.2. The van der Waals surface area contributed by atoms with Crippen LogP contribution in [0.4, 0.5) is 0 Å². The molecule has 2 unspecified atom stereocenters. The van der Waals surface area contributed by atoms with Crippen LogP contribution in [0.3, 0.4) is 0 Å². The van der Waals surface area contributed by atoms with Crippen molar-refractivity contribution in [3.05, 3.63) is 30.3 Å². The maximum absolute atomic E-state index is 12.2. The average Bonchev–Trinajstić information content (AvgIpc) is 2.35. The number of unbranched alkanes of at least 4 members (excludes halogenated alkanes) is 3. The van der Waals surface area contributed by atoms with Gasteiger partial charge in [-0.2, -0.15) is 0 Å². The maximum Gasteiger partial charge on any atom is 0.184 e. The number of hydrogen-bond acceptors (Lipinski definition) is 2. The van der Waals surface area contributed by atoms with Gasteiger partial charge in [0.25, 0.3) is 0 Å². The quantitative estimate of drug-likeness (QED) is 0.561. The molecule has 0 N–H and O–H groups in total. The first-order valence-corrected chi connectivity index (χ1v) is 8.35. The lowest BCUT2D eigenvalue weighted by molar-refractivity contribution is 0.581. The van der Waals surface area contributed by atoms with Crippen molar-refractivity contribution in [3.8, 4) is 0 Å². The Morgan fingerprint density at radius 1 is 1.12 bits per heavy atom. The molecule has 0 spiro atoms. The number of hydrogen-bond donors (Lipinski definition) is 0. The Labute approximate surface area is 107 Å². The monoisotopic (exact) mass is 272 g/mol. The molecule has 17 heavy (non-hydrogen) atoms. The van der Waals surface area contributed by atoms with Crippen LogP contribution >= 0.6 is 9.24 Å². The Balaban J connectivity index is 2.59. The van der Waals surface area contributed by atoms with Crippen LogP contribution in [0.1, 0.15) is 39.0 Å². The van der Waals surface area contributed by atoms with E-state index in [2.05, 4.69) is 16.2 Å². The highest BCUT2D eigenvalue weighted by Crippen LogP contribution is 2.24. The molecule has 0 saturated heterocycles. The van der Waals surface area contributed by atoms with Crippen LogP contribution in [0.5, 0.6) is 0 Å². The van der Waals surface area contributed by atoms with Crippen molar-refractivity contribution in [3.63, 3.8) is 0 Å². The second-order valence-electron chi connectivity index (χ2n) is 4.25. The second-order valence-corrected chi connectivity index (χ2v) is 7.70. The highest BCUT2D eigenvalue weighted by molar-refractivity contribution is 7.95. The summed E-state index contributed by atoms with van der Waals surface area (Å²) in [6.07, 6.45) is 5.18. The smallest absolute Gasteiger partial charge is 0.184 e. The Morgan fingerprint density at radius 2 is 1.76 bits per heavy atom. The fourth-order valence-corrected chi connectivity index (χ4v) is 3.78. The molecule has 1 aromatic carbocycles. The van der Waals surface area contributed by atoms with Gasteiger partial charge in [0.05, 0.1) is 9.89 Å². The van der Waals surface area contributed by atoms with Crippen LogP contribution < -0.4 is 0 Å². The molecule has 2 atom stereocenters. The molecule has 0 aromatic heterocycles. The van der Waals surface area contributed by atoms with Crippen molar-refractivity contribution < 1.29 is 8.42 Å². The molecule has 0 aliphatic rings. The minimum absolute atomic E-state index is 0.359. The molecule has 2 nitrogen and oxygen atoms in total. The van der Waals surface area contributed by atoms with Gasteiger partial charge >= 0.3 is 0 Å². The predicted octanol–water partition coefficient (Wildman–Crippen LogP) is 3.63. The third-order valence-electron chi connectivity index (χ3n) is 2.81. The Bertz CT molecular complexity index is 414. The maximum atomic E-state index is 12.2. The largest absolute Gasteiger partial charge is 0.223 e. The third-order valence-corrected chi connectivity index (χ3v) is 6.18. The number of rotatable bonds is 7. The lowest BCUT2D eigenvalue weighted by Gasteiger charge is -2.12. The van der Waals surface area contributed by atoms with Crippen LogP contribution in [0.15, 0.2) is 35.2 Å². The Morgan fingerprint density at radius 3 is 2.35 bits per heavy atom. The third kappa shape index (κ3) is 4.40. The first-order chi connectivity index (χ1) is 8.09. The summed E-state index contributed by atoms with van der Waals surface area (Å²) >= 11 is 0. The summed E-state index contributed by atoms with van der Waals surface area (Å²) in [6.45, 7) is 2.15. The van der Waals surface area contributed by atoms with Crippen LogP contribution in [0.25, 0.3) is 0 Å². The average molecular weight is 272 g/mol. The van der Waals surface area contributed by atoms with Gasteiger partial charge in [0.15, 0.2) is 9.84 Å². The van der Waals surface area contributed by atoms with Gasteiger partial charge in [-0.15, -0.1) is 9.24 Å². The van der Waals surface area contributed by atoms with Crippen molar-refractivity contribution >= 4 is 19.1 Å². The molecule has 0 fully saturated rings. The second kappa shape index (κ2) is 7.13. The van der Waals surface area contributed by atoms with E-state index in [1.807, 2.05) is 6.07 Å². The normalized spacial score (nSPS) is 13.5. The van der Waals surface area contributed by atoms with Gasteiger partial charge in [-0.25, -0.2) is 8.42 Å². The van der Waals surface area contributed by atoms with Gasteiger partial charge < -0.3 is 0 Å². The van der Waals surface area contributed by atoms with E-state index in [0.717, 1.165) is 19.3 Å². The standard InChI is InChI=1S/C13H21O2PS/c1-2-3-4-8-11-13(16)17(14,15)12-9-6-5-7-10-12/h5-7,9-10,13H,2-4,8,11,16H2,1H3. The van der Waals surface area contributed by atoms with E-state index >= 15 is 0 Å². The molecule has 0 bridgehead atoms. The molecular weight excluding hydrogens is 251 g/mol. The molecule has 0 radical (unpaired) electrons. The van der Waals surface area contributed by atoms with Crippen molar-refractivity contribution in [1.82, 2.24) is 0 Å². The summed E-state index contributed by atoms with van der Waals surface area (Å²) in [6, 6.07) is 8.69. The van der Waals surface area contributed by atoms with E-state index in [-0.39, 0.29) is 4.99 Å². The summed E-state index contributed by atoms with van der Waals surface area (Å²) < 4.78 is 24.4. The van der Waals surface area contributed by atoms with E-state index in [4.69, 9.17) is 0 Å². The molecule has 4 heteroatoms. The summed E-state index contributed by atoms with van der Waals surface area (Å²) in [5, 5.41) is 0. The van der Waals surface area contributed by atoms with Crippen molar-refractivity contribution in [2.45, 2.75) is 48.9 Å². The first-order valence-electron chi connectivity index (χ1n) is 6.13. The molecule has 96 valence electrons. The van der Waals surface area contributed by atoms with Gasteiger partial charge in [0, 0.05) is 0 Å². The van der Waals surface area contributed by atoms with Gasteiger partial charge in [0.2, 0.25) is 0 Å².